The van der Waals surface area contributed by atoms with E-state index in [-0.39, 0.29) is 5.91 Å². The van der Waals surface area contributed by atoms with Crippen LogP contribution in [-0.2, 0) is 6.54 Å². The summed E-state index contributed by atoms with van der Waals surface area (Å²) in [4.78, 5) is 14.3. The van der Waals surface area contributed by atoms with Gasteiger partial charge >= 0.3 is 0 Å². The summed E-state index contributed by atoms with van der Waals surface area (Å²) in [6.45, 7) is 2.41. The molecule has 0 saturated heterocycles. The summed E-state index contributed by atoms with van der Waals surface area (Å²) >= 11 is 0. The summed E-state index contributed by atoms with van der Waals surface area (Å²) in [5, 5.41) is 16.8. The number of H-pyrrole nitrogens is 1. The molecule has 5 nitrogen and oxygen atoms in total. The van der Waals surface area contributed by atoms with Crippen LogP contribution in [0.4, 0.5) is 0 Å². The monoisotopic (exact) mass is 304 g/mol. The molecule has 5 heteroatoms. The molecule has 0 atom stereocenters. The molecule has 0 unspecified atom stereocenters. The molecule has 114 valence electrons. The lowest BCUT2D eigenvalue weighted by Gasteiger charge is -2.16. The van der Waals surface area contributed by atoms with Crippen LogP contribution in [0.1, 0.15) is 27.2 Å². The molecule has 3 aromatic rings. The van der Waals surface area contributed by atoms with Gasteiger partial charge in [0, 0.05) is 19.0 Å². The van der Waals surface area contributed by atoms with E-state index < -0.39 is 0 Å². The number of aromatic nitrogens is 2. The lowest BCUT2D eigenvalue weighted by Crippen LogP contribution is -2.26. The molecule has 2 aromatic carbocycles. The lowest BCUT2D eigenvalue weighted by molar-refractivity contribution is 0.0781. The van der Waals surface area contributed by atoms with Crippen molar-refractivity contribution in [2.75, 3.05) is 7.05 Å². The van der Waals surface area contributed by atoms with Crippen LogP contribution in [0.25, 0.3) is 10.9 Å². The summed E-state index contributed by atoms with van der Waals surface area (Å²) < 4.78 is 0. The quantitative estimate of drug-likeness (QED) is 0.808. The van der Waals surface area contributed by atoms with Gasteiger partial charge in [-0.25, -0.2) is 0 Å². The van der Waals surface area contributed by atoms with Gasteiger partial charge in [-0.05, 0) is 36.8 Å². The van der Waals surface area contributed by atoms with Crippen molar-refractivity contribution in [2.24, 2.45) is 0 Å². The third-order valence-electron chi connectivity index (χ3n) is 3.74. The SMILES string of the molecule is Cc1ccc2[nH]nc(C(=O)N(C)Cc3cccc(C#N)c3)c2c1. The fourth-order valence-electron chi connectivity index (χ4n) is 2.56. The number of aryl methyl sites for hydroxylation is 1. The fraction of sp³-hybridized carbons (Fsp3) is 0.167. The van der Waals surface area contributed by atoms with Crippen molar-refractivity contribution in [3.8, 4) is 6.07 Å². The summed E-state index contributed by atoms with van der Waals surface area (Å²) in [5.74, 6) is -0.149. The second-order valence-electron chi connectivity index (χ2n) is 5.59. The van der Waals surface area contributed by atoms with Gasteiger partial charge in [0.05, 0.1) is 17.1 Å². The first-order valence-electron chi connectivity index (χ1n) is 7.27. The predicted octanol–water partition coefficient (Wildman–Crippen LogP) is 3.02. The Labute approximate surface area is 134 Å². The smallest absolute Gasteiger partial charge is 0.275 e. The van der Waals surface area contributed by atoms with Crippen molar-refractivity contribution in [1.29, 1.82) is 5.26 Å². The van der Waals surface area contributed by atoms with E-state index >= 15 is 0 Å². The lowest BCUT2D eigenvalue weighted by atomic mass is 10.1. The van der Waals surface area contributed by atoms with Crippen LogP contribution in [0.3, 0.4) is 0 Å². The number of hydrogen-bond acceptors (Lipinski definition) is 3. The maximum absolute atomic E-state index is 12.7. The Kier molecular flexibility index (Phi) is 3.82. The summed E-state index contributed by atoms with van der Waals surface area (Å²) in [6, 6.07) is 15.2. The topological polar surface area (TPSA) is 72.8 Å². The van der Waals surface area contributed by atoms with Gasteiger partial charge in [0.25, 0.3) is 5.91 Å². The van der Waals surface area contributed by atoms with Crippen LogP contribution in [0.5, 0.6) is 0 Å². The number of nitrogens with zero attached hydrogens (tertiary/aromatic N) is 3. The maximum atomic E-state index is 12.7. The van der Waals surface area contributed by atoms with Gasteiger partial charge in [0.1, 0.15) is 0 Å². The molecule has 0 fully saturated rings. The summed E-state index contributed by atoms with van der Waals surface area (Å²) in [6.07, 6.45) is 0. The van der Waals surface area contributed by atoms with Gasteiger partial charge in [0.15, 0.2) is 5.69 Å². The Hall–Kier alpha value is -3.13. The molecule has 0 spiro atoms. The highest BCUT2D eigenvalue weighted by atomic mass is 16.2. The molecule has 1 N–H and O–H groups in total. The number of carbonyl (C=O) groups excluding carboxylic acids is 1. The van der Waals surface area contributed by atoms with Crippen molar-refractivity contribution in [2.45, 2.75) is 13.5 Å². The third kappa shape index (κ3) is 2.92. The van der Waals surface area contributed by atoms with Gasteiger partial charge in [0.2, 0.25) is 0 Å². The molecule has 1 aromatic heterocycles. The number of nitriles is 1. The van der Waals surface area contributed by atoms with E-state index in [1.165, 1.54) is 0 Å². The first-order valence-corrected chi connectivity index (χ1v) is 7.27. The van der Waals surface area contributed by atoms with Crippen molar-refractivity contribution >= 4 is 16.8 Å². The average molecular weight is 304 g/mol. The average Bonchev–Trinajstić information content (AvgIpc) is 2.97. The van der Waals surface area contributed by atoms with Gasteiger partial charge in [-0.2, -0.15) is 10.4 Å². The van der Waals surface area contributed by atoms with Crippen LogP contribution in [0.2, 0.25) is 0 Å². The van der Waals surface area contributed by atoms with E-state index in [0.29, 0.717) is 17.8 Å². The Bertz CT molecular complexity index is 920. The summed E-state index contributed by atoms with van der Waals surface area (Å²) in [7, 11) is 1.73. The van der Waals surface area contributed by atoms with Crippen LogP contribution < -0.4 is 0 Å². The minimum Gasteiger partial charge on any atom is -0.336 e. The molecule has 0 radical (unpaired) electrons. The van der Waals surface area contributed by atoms with Crippen LogP contribution in [-0.4, -0.2) is 28.1 Å². The summed E-state index contributed by atoms with van der Waals surface area (Å²) in [5.41, 5.74) is 3.85. The number of carbonyl (C=O) groups is 1. The fourth-order valence-corrected chi connectivity index (χ4v) is 2.56. The number of rotatable bonds is 3. The molecular formula is C18H16N4O. The zero-order chi connectivity index (χ0) is 16.4. The highest BCUT2D eigenvalue weighted by Crippen LogP contribution is 2.19. The molecule has 0 aliphatic rings. The number of amides is 1. The van der Waals surface area contributed by atoms with Crippen molar-refractivity contribution in [3.63, 3.8) is 0 Å². The van der Waals surface area contributed by atoms with E-state index in [1.807, 2.05) is 37.3 Å². The number of benzene rings is 2. The van der Waals surface area contributed by atoms with Gasteiger partial charge in [-0.3, -0.25) is 9.89 Å². The molecule has 0 bridgehead atoms. The second-order valence-corrected chi connectivity index (χ2v) is 5.59. The Morgan fingerprint density at radius 1 is 1.30 bits per heavy atom. The zero-order valence-corrected chi connectivity index (χ0v) is 13.0. The Morgan fingerprint density at radius 2 is 2.13 bits per heavy atom. The maximum Gasteiger partial charge on any atom is 0.275 e. The molecule has 3 rings (SSSR count). The van der Waals surface area contributed by atoms with Crippen molar-refractivity contribution < 1.29 is 4.79 Å². The molecule has 23 heavy (non-hydrogen) atoms. The molecule has 0 aliphatic carbocycles. The van der Waals surface area contributed by atoms with E-state index in [2.05, 4.69) is 16.3 Å². The first kappa shape index (κ1) is 14.8. The van der Waals surface area contributed by atoms with Gasteiger partial charge in [-0.1, -0.05) is 23.8 Å². The molecule has 0 aliphatic heterocycles. The van der Waals surface area contributed by atoms with E-state index in [1.54, 1.807) is 24.1 Å². The van der Waals surface area contributed by atoms with Gasteiger partial charge in [-0.15, -0.1) is 0 Å². The van der Waals surface area contributed by atoms with Crippen LogP contribution in [0.15, 0.2) is 42.5 Å². The van der Waals surface area contributed by atoms with Crippen LogP contribution in [0, 0.1) is 18.3 Å². The third-order valence-corrected chi connectivity index (χ3v) is 3.74. The number of aromatic amines is 1. The number of nitrogens with one attached hydrogen (secondary N) is 1. The Balaban J connectivity index is 1.86. The minimum absolute atomic E-state index is 0.149. The molecule has 1 heterocycles. The van der Waals surface area contributed by atoms with Gasteiger partial charge < -0.3 is 4.90 Å². The predicted molar refractivity (Wildman–Crippen MR) is 87.8 cm³/mol. The largest absolute Gasteiger partial charge is 0.336 e. The van der Waals surface area contributed by atoms with E-state index in [0.717, 1.165) is 22.0 Å². The van der Waals surface area contributed by atoms with E-state index in [4.69, 9.17) is 5.26 Å². The van der Waals surface area contributed by atoms with Crippen molar-refractivity contribution in [3.05, 3.63) is 64.8 Å². The highest BCUT2D eigenvalue weighted by Gasteiger charge is 2.18. The Morgan fingerprint density at radius 3 is 2.91 bits per heavy atom. The second kappa shape index (κ2) is 5.93. The normalized spacial score (nSPS) is 10.5. The minimum atomic E-state index is -0.149. The number of hydrogen-bond donors (Lipinski definition) is 1. The highest BCUT2D eigenvalue weighted by molar-refractivity contribution is 6.04. The van der Waals surface area contributed by atoms with E-state index in [9.17, 15) is 4.79 Å². The van der Waals surface area contributed by atoms with Crippen LogP contribution >= 0.6 is 0 Å². The molecule has 1 amide bonds. The molecular weight excluding hydrogens is 288 g/mol. The van der Waals surface area contributed by atoms with Crippen molar-refractivity contribution in [1.82, 2.24) is 15.1 Å². The first-order chi connectivity index (χ1) is 11.1. The molecule has 0 saturated carbocycles. The zero-order valence-electron chi connectivity index (χ0n) is 13.0. The standard InChI is InChI=1S/C18H16N4O/c1-12-6-7-16-15(8-12)17(21-20-16)18(23)22(2)11-14-5-3-4-13(9-14)10-19/h3-9H,11H2,1-2H3,(H,20,21). The number of fused-ring (bicyclic) bond motifs is 1.